The monoisotopic (exact) mass is 388 g/mol. The number of aromatic nitrogens is 3. The van der Waals surface area contributed by atoms with Gasteiger partial charge in [-0.2, -0.15) is 5.10 Å². The lowest BCUT2D eigenvalue weighted by atomic mass is 10.2. The molecule has 3 aromatic rings. The number of nitrogens with two attached hydrogens (primary N) is 1. The Morgan fingerprint density at radius 3 is 2.81 bits per heavy atom. The fourth-order valence-electron chi connectivity index (χ4n) is 2.07. The van der Waals surface area contributed by atoms with Gasteiger partial charge in [0.1, 0.15) is 5.75 Å². The van der Waals surface area contributed by atoms with Crippen LogP contribution < -0.4 is 16.0 Å². The first-order chi connectivity index (χ1) is 12.7. The van der Waals surface area contributed by atoms with Crippen LogP contribution in [-0.4, -0.2) is 28.2 Å². The number of nitrogens with zero attached hydrogens (tertiary/aromatic N) is 4. The minimum atomic E-state index is 0.348. The maximum Gasteiger partial charge on any atom is 0.264 e. The molecule has 0 saturated carbocycles. The van der Waals surface area contributed by atoms with Crippen LogP contribution in [-0.2, 0) is 5.75 Å². The Hall–Kier alpha value is -2.71. The lowest BCUT2D eigenvalue weighted by Crippen LogP contribution is -2.13. The number of halogens is 1. The zero-order chi connectivity index (χ0) is 18.4. The molecule has 0 fully saturated rings. The summed E-state index contributed by atoms with van der Waals surface area (Å²) in [5.74, 6) is 7.90. The molecule has 7 nitrogen and oxygen atoms in total. The van der Waals surface area contributed by atoms with Gasteiger partial charge in [-0.1, -0.05) is 47.6 Å². The molecular weight excluding hydrogens is 372 g/mol. The highest BCUT2D eigenvalue weighted by Gasteiger charge is 2.09. The van der Waals surface area contributed by atoms with E-state index in [9.17, 15) is 0 Å². The lowest BCUT2D eigenvalue weighted by molar-refractivity contribution is 0.414. The Labute approximate surface area is 160 Å². The van der Waals surface area contributed by atoms with Crippen molar-refractivity contribution < 1.29 is 4.74 Å². The van der Waals surface area contributed by atoms with Crippen LogP contribution in [0.15, 0.2) is 58.8 Å². The van der Waals surface area contributed by atoms with Gasteiger partial charge in [-0.3, -0.25) is 0 Å². The molecule has 3 rings (SSSR count). The molecule has 0 atom stereocenters. The van der Waals surface area contributed by atoms with Gasteiger partial charge in [-0.25, -0.2) is 10.1 Å². The number of rotatable bonds is 7. The first kappa shape index (κ1) is 18.1. The molecule has 134 valence electrons. The largest absolute Gasteiger partial charge is 0.497 e. The van der Waals surface area contributed by atoms with Gasteiger partial charge in [0.05, 0.1) is 13.3 Å². The summed E-state index contributed by atoms with van der Waals surface area (Å²) in [7, 11) is 1.64. The summed E-state index contributed by atoms with van der Waals surface area (Å²) in [6.07, 6.45) is 1.63. The first-order valence-electron chi connectivity index (χ1n) is 7.66. The Morgan fingerprint density at radius 1 is 1.27 bits per heavy atom. The van der Waals surface area contributed by atoms with E-state index in [-0.39, 0.29) is 0 Å². The van der Waals surface area contributed by atoms with Gasteiger partial charge in [0.15, 0.2) is 0 Å². The summed E-state index contributed by atoms with van der Waals surface area (Å²) < 4.78 is 6.51. The predicted octanol–water partition coefficient (Wildman–Crippen LogP) is 3.39. The lowest BCUT2D eigenvalue weighted by Gasteiger charge is -2.04. The summed E-state index contributed by atoms with van der Waals surface area (Å²) in [5.41, 5.74) is 4.77. The van der Waals surface area contributed by atoms with Gasteiger partial charge in [-0.15, -0.1) is 10.2 Å². The van der Waals surface area contributed by atoms with Crippen molar-refractivity contribution in [2.24, 2.45) is 5.10 Å². The average Bonchev–Trinajstić information content (AvgIpc) is 3.00. The highest BCUT2D eigenvalue weighted by atomic mass is 35.5. The molecule has 2 aromatic carbocycles. The number of thioether (sulfide) groups is 1. The second-order valence-electron chi connectivity index (χ2n) is 5.24. The van der Waals surface area contributed by atoms with E-state index in [4.69, 9.17) is 22.2 Å². The molecular formula is C17H17ClN6OS. The maximum atomic E-state index is 6.01. The van der Waals surface area contributed by atoms with E-state index in [2.05, 4.69) is 20.7 Å². The number of ether oxygens (including phenoxy) is 1. The smallest absolute Gasteiger partial charge is 0.264 e. The number of methoxy groups -OCH3 is 1. The molecule has 0 aliphatic heterocycles. The topological polar surface area (TPSA) is 90.4 Å². The number of hydrogen-bond acceptors (Lipinski definition) is 7. The molecule has 0 aliphatic rings. The van der Waals surface area contributed by atoms with E-state index in [0.29, 0.717) is 21.9 Å². The molecule has 1 aromatic heterocycles. The van der Waals surface area contributed by atoms with Gasteiger partial charge in [-0.05, 0) is 35.4 Å². The van der Waals surface area contributed by atoms with Gasteiger partial charge in [0.25, 0.3) is 5.95 Å². The van der Waals surface area contributed by atoms with Crippen molar-refractivity contribution >= 4 is 35.5 Å². The Bertz CT molecular complexity index is 897. The second-order valence-corrected chi connectivity index (χ2v) is 6.62. The minimum absolute atomic E-state index is 0.348. The molecule has 0 saturated heterocycles. The summed E-state index contributed by atoms with van der Waals surface area (Å²) in [6, 6.07) is 15.2. The predicted molar refractivity (Wildman–Crippen MR) is 105 cm³/mol. The van der Waals surface area contributed by atoms with E-state index >= 15 is 0 Å². The van der Waals surface area contributed by atoms with Crippen LogP contribution in [0.5, 0.6) is 5.75 Å². The van der Waals surface area contributed by atoms with Crippen LogP contribution in [0.1, 0.15) is 11.1 Å². The third-order valence-corrected chi connectivity index (χ3v) is 4.67. The summed E-state index contributed by atoms with van der Waals surface area (Å²) >= 11 is 7.41. The van der Waals surface area contributed by atoms with E-state index in [1.165, 1.54) is 16.4 Å². The average molecular weight is 389 g/mol. The van der Waals surface area contributed by atoms with Crippen molar-refractivity contribution in [3.05, 3.63) is 64.7 Å². The molecule has 3 N–H and O–H groups in total. The fourth-order valence-corrected chi connectivity index (χ4v) is 3.08. The van der Waals surface area contributed by atoms with Gasteiger partial charge >= 0.3 is 0 Å². The third-order valence-electron chi connectivity index (χ3n) is 3.42. The van der Waals surface area contributed by atoms with Gasteiger partial charge in [0, 0.05) is 10.8 Å². The van der Waals surface area contributed by atoms with Crippen molar-refractivity contribution in [3.8, 4) is 5.75 Å². The van der Waals surface area contributed by atoms with E-state index in [0.717, 1.165) is 16.9 Å². The Morgan fingerprint density at radius 2 is 2.08 bits per heavy atom. The van der Waals surface area contributed by atoms with Crippen LogP contribution in [0.3, 0.4) is 0 Å². The molecule has 0 aliphatic carbocycles. The number of hydrazone groups is 1. The van der Waals surface area contributed by atoms with Crippen LogP contribution in [0, 0.1) is 0 Å². The SMILES string of the molecule is COc1ccc(CSc2nnc(N/N=C/c3cccc(Cl)c3)n2N)cc1. The minimum Gasteiger partial charge on any atom is -0.497 e. The molecule has 0 radical (unpaired) electrons. The van der Waals surface area contributed by atoms with Crippen molar-refractivity contribution in [2.45, 2.75) is 10.9 Å². The van der Waals surface area contributed by atoms with Crippen molar-refractivity contribution in [1.29, 1.82) is 0 Å². The molecule has 0 amide bonds. The highest BCUT2D eigenvalue weighted by Crippen LogP contribution is 2.23. The zero-order valence-electron chi connectivity index (χ0n) is 14.0. The van der Waals surface area contributed by atoms with Gasteiger partial charge in [0.2, 0.25) is 5.16 Å². The standard InChI is InChI=1S/C17H17ClN6OS/c1-25-15-7-5-12(6-8-15)11-26-17-23-22-16(24(17)19)21-20-10-13-3-2-4-14(18)9-13/h2-10H,11,19H2,1H3,(H,21,22)/b20-10+. The van der Waals surface area contributed by atoms with Crippen molar-refractivity contribution in [2.75, 3.05) is 18.4 Å². The van der Waals surface area contributed by atoms with Crippen LogP contribution in [0.4, 0.5) is 5.95 Å². The quantitative estimate of drug-likeness (QED) is 0.279. The number of anilines is 1. The van der Waals surface area contributed by atoms with Crippen molar-refractivity contribution in [1.82, 2.24) is 14.9 Å². The van der Waals surface area contributed by atoms with Crippen LogP contribution >= 0.6 is 23.4 Å². The molecule has 0 bridgehead atoms. The summed E-state index contributed by atoms with van der Waals surface area (Å²) in [5, 5.41) is 13.4. The fraction of sp³-hybridized carbons (Fsp3) is 0.118. The van der Waals surface area contributed by atoms with Crippen LogP contribution in [0.25, 0.3) is 0 Å². The first-order valence-corrected chi connectivity index (χ1v) is 9.03. The Kier molecular flexibility index (Phi) is 5.98. The number of nitrogen functional groups attached to an aromatic ring is 1. The molecule has 9 heteroatoms. The molecule has 26 heavy (non-hydrogen) atoms. The Balaban J connectivity index is 1.58. The number of hydrogen-bond donors (Lipinski definition) is 2. The molecule has 0 unspecified atom stereocenters. The molecule has 1 heterocycles. The van der Waals surface area contributed by atoms with Crippen molar-refractivity contribution in [3.63, 3.8) is 0 Å². The number of benzene rings is 2. The summed E-state index contributed by atoms with van der Waals surface area (Å²) in [4.78, 5) is 0. The zero-order valence-corrected chi connectivity index (χ0v) is 15.5. The number of nitrogens with one attached hydrogen (secondary N) is 1. The summed E-state index contributed by atoms with van der Waals surface area (Å²) in [6.45, 7) is 0. The maximum absolute atomic E-state index is 6.01. The van der Waals surface area contributed by atoms with E-state index in [1.54, 1.807) is 25.5 Å². The molecule has 0 spiro atoms. The van der Waals surface area contributed by atoms with Crippen LogP contribution in [0.2, 0.25) is 5.02 Å². The van der Waals surface area contributed by atoms with Gasteiger partial charge < -0.3 is 10.6 Å². The normalized spacial score (nSPS) is 11.0. The second kappa shape index (κ2) is 8.59. The third kappa shape index (κ3) is 4.68. The highest BCUT2D eigenvalue weighted by molar-refractivity contribution is 7.98. The van der Waals surface area contributed by atoms with E-state index < -0.39 is 0 Å². The van der Waals surface area contributed by atoms with E-state index in [1.807, 2.05) is 36.4 Å².